The number of fused-ring (bicyclic) bond motifs is 2. The molecular weight excluding hydrogens is 254 g/mol. The molecular formula is C16H11NO3. The number of hydrogen-bond acceptors (Lipinski definition) is 4. The Morgan fingerprint density at radius 2 is 2.00 bits per heavy atom. The number of ether oxygens (including phenoxy) is 1. The van der Waals surface area contributed by atoms with Crippen molar-refractivity contribution in [2.75, 3.05) is 6.61 Å². The van der Waals surface area contributed by atoms with E-state index in [-0.39, 0.29) is 5.43 Å². The van der Waals surface area contributed by atoms with E-state index in [1.165, 1.54) is 0 Å². The molecule has 0 saturated heterocycles. The number of hydrogen-bond donors (Lipinski definition) is 0. The van der Waals surface area contributed by atoms with Crippen LogP contribution in [0, 0.1) is 11.3 Å². The van der Waals surface area contributed by atoms with Crippen molar-refractivity contribution in [2.24, 2.45) is 0 Å². The third-order valence-corrected chi connectivity index (χ3v) is 3.08. The fourth-order valence-electron chi connectivity index (χ4n) is 2.16. The molecule has 0 aliphatic carbocycles. The fourth-order valence-corrected chi connectivity index (χ4v) is 2.16. The minimum Gasteiger partial charge on any atom is -0.494 e. The fraction of sp³-hybridized carbons (Fsp3) is 0.125. The standard InChI is InChI=1S/C16H11NO3/c1-2-19-11-4-6-14-13(8-11)16(18)12-5-3-10(9-17)7-15(12)20-14/h3-8H,2H2,1H3. The molecule has 0 aliphatic heterocycles. The zero-order chi connectivity index (χ0) is 14.1. The Hall–Kier alpha value is -2.80. The molecule has 0 radical (unpaired) electrons. The van der Waals surface area contributed by atoms with E-state index in [1.807, 2.05) is 13.0 Å². The summed E-state index contributed by atoms with van der Waals surface area (Å²) in [4.78, 5) is 12.4. The molecule has 0 N–H and O–H groups in total. The van der Waals surface area contributed by atoms with E-state index < -0.39 is 0 Å². The Morgan fingerprint density at radius 1 is 1.15 bits per heavy atom. The summed E-state index contributed by atoms with van der Waals surface area (Å²) in [5, 5.41) is 9.83. The second-order valence-electron chi connectivity index (χ2n) is 4.34. The molecule has 0 amide bonds. The normalized spacial score (nSPS) is 10.6. The van der Waals surface area contributed by atoms with Gasteiger partial charge in [-0.2, -0.15) is 5.26 Å². The predicted octanol–water partition coefficient (Wildman–Crippen LogP) is 3.22. The summed E-state index contributed by atoms with van der Waals surface area (Å²) in [6.45, 7) is 2.42. The van der Waals surface area contributed by atoms with Crippen molar-refractivity contribution >= 4 is 21.9 Å². The van der Waals surface area contributed by atoms with Crippen molar-refractivity contribution in [3.05, 3.63) is 52.2 Å². The monoisotopic (exact) mass is 265 g/mol. The molecule has 98 valence electrons. The summed E-state index contributed by atoms with van der Waals surface area (Å²) in [5.41, 5.74) is 1.25. The van der Waals surface area contributed by atoms with Gasteiger partial charge in [0.05, 0.1) is 29.0 Å². The van der Waals surface area contributed by atoms with Crippen LogP contribution in [0.5, 0.6) is 5.75 Å². The van der Waals surface area contributed by atoms with Gasteiger partial charge in [-0.25, -0.2) is 0 Å². The van der Waals surface area contributed by atoms with Crippen LogP contribution in [0.15, 0.2) is 45.6 Å². The van der Waals surface area contributed by atoms with Crippen LogP contribution in [0.25, 0.3) is 21.9 Å². The second kappa shape index (κ2) is 4.71. The molecule has 20 heavy (non-hydrogen) atoms. The van der Waals surface area contributed by atoms with Gasteiger partial charge in [-0.05, 0) is 43.3 Å². The van der Waals surface area contributed by atoms with Gasteiger partial charge in [0, 0.05) is 0 Å². The third kappa shape index (κ3) is 1.90. The summed E-state index contributed by atoms with van der Waals surface area (Å²) in [7, 11) is 0. The Labute approximate surface area is 114 Å². The summed E-state index contributed by atoms with van der Waals surface area (Å²) in [6, 6.07) is 12.0. The quantitative estimate of drug-likeness (QED) is 0.667. The van der Waals surface area contributed by atoms with Crippen molar-refractivity contribution in [3.63, 3.8) is 0 Å². The van der Waals surface area contributed by atoms with Crippen LogP contribution < -0.4 is 10.2 Å². The molecule has 0 saturated carbocycles. The SMILES string of the molecule is CCOc1ccc2oc3cc(C#N)ccc3c(=O)c2c1. The van der Waals surface area contributed by atoms with Gasteiger partial charge in [-0.15, -0.1) is 0 Å². The highest BCUT2D eigenvalue weighted by Gasteiger charge is 2.09. The van der Waals surface area contributed by atoms with E-state index in [2.05, 4.69) is 0 Å². The van der Waals surface area contributed by atoms with Crippen molar-refractivity contribution in [1.29, 1.82) is 5.26 Å². The van der Waals surface area contributed by atoms with Gasteiger partial charge >= 0.3 is 0 Å². The zero-order valence-electron chi connectivity index (χ0n) is 10.8. The number of nitrogens with zero attached hydrogens (tertiary/aromatic N) is 1. The molecule has 2 aromatic carbocycles. The molecule has 3 aromatic rings. The molecule has 0 spiro atoms. The minimum atomic E-state index is -0.118. The van der Waals surface area contributed by atoms with Crippen molar-refractivity contribution in [1.82, 2.24) is 0 Å². The van der Waals surface area contributed by atoms with Crippen LogP contribution in [0.4, 0.5) is 0 Å². The van der Waals surface area contributed by atoms with Crippen LogP contribution in [0.1, 0.15) is 12.5 Å². The minimum absolute atomic E-state index is 0.118. The average molecular weight is 265 g/mol. The van der Waals surface area contributed by atoms with Crippen molar-refractivity contribution in [3.8, 4) is 11.8 Å². The van der Waals surface area contributed by atoms with Gasteiger partial charge in [0.2, 0.25) is 5.43 Å². The van der Waals surface area contributed by atoms with Crippen molar-refractivity contribution in [2.45, 2.75) is 6.92 Å². The topological polar surface area (TPSA) is 63.2 Å². The lowest BCUT2D eigenvalue weighted by Gasteiger charge is -2.05. The molecule has 1 aromatic heterocycles. The lowest BCUT2D eigenvalue weighted by atomic mass is 10.1. The highest BCUT2D eigenvalue weighted by atomic mass is 16.5. The number of rotatable bonds is 2. The van der Waals surface area contributed by atoms with Crippen LogP contribution in [0.3, 0.4) is 0 Å². The van der Waals surface area contributed by atoms with Crippen molar-refractivity contribution < 1.29 is 9.15 Å². The van der Waals surface area contributed by atoms with E-state index in [9.17, 15) is 4.79 Å². The smallest absolute Gasteiger partial charge is 0.200 e. The number of nitriles is 1. The van der Waals surface area contributed by atoms with Gasteiger partial charge in [0.25, 0.3) is 0 Å². The lowest BCUT2D eigenvalue weighted by molar-refractivity contribution is 0.340. The maximum absolute atomic E-state index is 12.4. The van der Waals surface area contributed by atoms with Crippen LogP contribution >= 0.6 is 0 Å². The van der Waals surface area contributed by atoms with E-state index >= 15 is 0 Å². The molecule has 0 bridgehead atoms. The first-order valence-electron chi connectivity index (χ1n) is 6.26. The van der Waals surface area contributed by atoms with E-state index in [0.717, 1.165) is 0 Å². The summed E-state index contributed by atoms with van der Waals surface area (Å²) in [6.07, 6.45) is 0. The van der Waals surface area contributed by atoms with E-state index in [1.54, 1.807) is 36.4 Å². The largest absolute Gasteiger partial charge is 0.494 e. The molecule has 4 nitrogen and oxygen atoms in total. The predicted molar refractivity (Wildman–Crippen MR) is 75.9 cm³/mol. The Morgan fingerprint density at radius 3 is 2.75 bits per heavy atom. The van der Waals surface area contributed by atoms with Crippen LogP contribution in [-0.4, -0.2) is 6.61 Å². The first-order valence-corrected chi connectivity index (χ1v) is 6.26. The van der Waals surface area contributed by atoms with Gasteiger partial charge in [-0.1, -0.05) is 0 Å². The molecule has 3 rings (SSSR count). The summed E-state index contributed by atoms with van der Waals surface area (Å²) < 4.78 is 11.1. The second-order valence-corrected chi connectivity index (χ2v) is 4.34. The highest BCUT2D eigenvalue weighted by molar-refractivity contribution is 5.90. The highest BCUT2D eigenvalue weighted by Crippen LogP contribution is 2.23. The van der Waals surface area contributed by atoms with Gasteiger partial charge in [0.15, 0.2) is 0 Å². The van der Waals surface area contributed by atoms with Gasteiger partial charge < -0.3 is 9.15 Å². The molecule has 4 heteroatoms. The zero-order valence-corrected chi connectivity index (χ0v) is 10.8. The maximum Gasteiger partial charge on any atom is 0.200 e. The molecule has 1 heterocycles. The Bertz CT molecular complexity index is 903. The molecule has 0 unspecified atom stereocenters. The van der Waals surface area contributed by atoms with E-state index in [4.69, 9.17) is 14.4 Å². The summed E-state index contributed by atoms with van der Waals surface area (Å²) >= 11 is 0. The average Bonchev–Trinajstić information content (AvgIpc) is 2.48. The van der Waals surface area contributed by atoms with Crippen LogP contribution in [-0.2, 0) is 0 Å². The maximum atomic E-state index is 12.4. The molecule has 0 fully saturated rings. The number of benzene rings is 2. The Kier molecular flexibility index (Phi) is 2.88. The first kappa shape index (κ1) is 12.2. The van der Waals surface area contributed by atoms with Crippen LogP contribution in [0.2, 0.25) is 0 Å². The van der Waals surface area contributed by atoms with Gasteiger partial charge in [-0.3, -0.25) is 4.79 Å². The van der Waals surface area contributed by atoms with Gasteiger partial charge in [0.1, 0.15) is 16.9 Å². The first-order chi connectivity index (χ1) is 9.72. The van der Waals surface area contributed by atoms with E-state index in [0.29, 0.717) is 39.9 Å². The Balaban J connectivity index is 2.35. The molecule has 0 aliphatic rings. The summed E-state index contributed by atoms with van der Waals surface area (Å²) in [5.74, 6) is 0.639. The third-order valence-electron chi connectivity index (χ3n) is 3.08. The lowest BCUT2D eigenvalue weighted by Crippen LogP contribution is -2.03. The molecule has 0 atom stereocenters.